The van der Waals surface area contributed by atoms with Crippen molar-refractivity contribution < 1.29 is 0 Å². The van der Waals surface area contributed by atoms with E-state index in [1.54, 1.807) is 0 Å². The van der Waals surface area contributed by atoms with Gasteiger partial charge in [0, 0.05) is 33.5 Å². The lowest BCUT2D eigenvalue weighted by molar-refractivity contribution is 1.18. The molecule has 9 aromatic rings. The van der Waals surface area contributed by atoms with Gasteiger partial charge in [-0.05, 0) is 99.8 Å². The number of anilines is 3. The SMILES string of the molecule is c1ccc(-c2ccc(N(c3cccc(-c4ccccc4)c3)c3ccc4cc5c6ccccc6n(-c6ccccc6)c5cc4c3)cc2)cc1. The molecular formula is C46H32N2. The Morgan fingerprint density at radius 1 is 0.312 bits per heavy atom. The zero-order chi connectivity index (χ0) is 31.9. The topological polar surface area (TPSA) is 8.17 Å². The van der Waals surface area contributed by atoms with Crippen molar-refractivity contribution in [2.24, 2.45) is 0 Å². The number of para-hydroxylation sites is 2. The van der Waals surface area contributed by atoms with Crippen LogP contribution in [0.2, 0.25) is 0 Å². The molecule has 8 aromatic carbocycles. The van der Waals surface area contributed by atoms with Crippen LogP contribution in [0.5, 0.6) is 0 Å². The largest absolute Gasteiger partial charge is 0.310 e. The van der Waals surface area contributed by atoms with Crippen molar-refractivity contribution in [2.75, 3.05) is 4.90 Å². The molecule has 0 bridgehead atoms. The highest BCUT2D eigenvalue weighted by atomic mass is 15.1. The van der Waals surface area contributed by atoms with Gasteiger partial charge >= 0.3 is 0 Å². The standard InChI is InChI=1S/C46H32N2/c1-4-13-33(14-5-1)35-23-26-40(27-24-35)47(41-20-12-17-36(29-41)34-15-6-2-7-16-34)42-28-25-37-31-44-43-21-10-11-22-45(43)48(39-18-8-3-9-19-39)46(44)32-38(37)30-42/h1-32H. The molecule has 0 aliphatic rings. The quantitative estimate of drug-likeness (QED) is 0.181. The molecule has 226 valence electrons. The third kappa shape index (κ3) is 4.92. The monoisotopic (exact) mass is 612 g/mol. The maximum Gasteiger partial charge on any atom is 0.0547 e. The zero-order valence-electron chi connectivity index (χ0n) is 26.4. The van der Waals surface area contributed by atoms with Crippen LogP contribution in [0.3, 0.4) is 0 Å². The molecule has 0 atom stereocenters. The summed E-state index contributed by atoms with van der Waals surface area (Å²) in [7, 11) is 0. The number of benzene rings is 8. The van der Waals surface area contributed by atoms with Crippen LogP contribution >= 0.6 is 0 Å². The van der Waals surface area contributed by atoms with Crippen LogP contribution in [0, 0.1) is 0 Å². The van der Waals surface area contributed by atoms with Crippen LogP contribution in [-0.2, 0) is 0 Å². The lowest BCUT2D eigenvalue weighted by Gasteiger charge is -2.26. The second-order valence-electron chi connectivity index (χ2n) is 12.3. The summed E-state index contributed by atoms with van der Waals surface area (Å²) in [5.41, 5.74) is 11.7. The van der Waals surface area contributed by atoms with Crippen molar-refractivity contribution in [1.82, 2.24) is 4.57 Å². The Labute approximate surface area is 280 Å². The first-order chi connectivity index (χ1) is 23.8. The average molecular weight is 613 g/mol. The lowest BCUT2D eigenvalue weighted by Crippen LogP contribution is -2.10. The second-order valence-corrected chi connectivity index (χ2v) is 12.3. The predicted molar refractivity (Wildman–Crippen MR) is 204 cm³/mol. The molecule has 2 nitrogen and oxygen atoms in total. The van der Waals surface area contributed by atoms with Gasteiger partial charge in [0.15, 0.2) is 0 Å². The molecule has 0 fully saturated rings. The third-order valence-electron chi connectivity index (χ3n) is 9.33. The lowest BCUT2D eigenvalue weighted by atomic mass is 10.0. The van der Waals surface area contributed by atoms with Gasteiger partial charge in [-0.2, -0.15) is 0 Å². The van der Waals surface area contributed by atoms with Crippen molar-refractivity contribution >= 4 is 49.6 Å². The van der Waals surface area contributed by atoms with Crippen molar-refractivity contribution in [3.05, 3.63) is 194 Å². The second kappa shape index (κ2) is 11.8. The maximum absolute atomic E-state index is 2.39. The van der Waals surface area contributed by atoms with Gasteiger partial charge in [-0.1, -0.05) is 127 Å². The molecule has 0 spiro atoms. The van der Waals surface area contributed by atoms with Gasteiger partial charge in [0.1, 0.15) is 0 Å². The van der Waals surface area contributed by atoms with E-state index in [9.17, 15) is 0 Å². The Kier molecular flexibility index (Phi) is 6.84. The Hall–Kier alpha value is -6.38. The normalized spacial score (nSPS) is 11.3. The van der Waals surface area contributed by atoms with Gasteiger partial charge in [0.2, 0.25) is 0 Å². The van der Waals surface area contributed by atoms with E-state index in [0.717, 1.165) is 22.7 Å². The molecule has 0 unspecified atom stereocenters. The first kappa shape index (κ1) is 27.9. The molecule has 2 heteroatoms. The number of rotatable bonds is 6. The van der Waals surface area contributed by atoms with Gasteiger partial charge in [0.25, 0.3) is 0 Å². The van der Waals surface area contributed by atoms with E-state index < -0.39 is 0 Å². The third-order valence-corrected chi connectivity index (χ3v) is 9.33. The minimum atomic E-state index is 1.11. The number of hydrogen-bond donors (Lipinski definition) is 0. The summed E-state index contributed by atoms with van der Waals surface area (Å²) in [6, 6.07) is 69.9. The van der Waals surface area contributed by atoms with Gasteiger partial charge in [0.05, 0.1) is 11.0 Å². The summed E-state index contributed by atoms with van der Waals surface area (Å²) in [5.74, 6) is 0. The molecule has 48 heavy (non-hydrogen) atoms. The van der Waals surface area contributed by atoms with Crippen molar-refractivity contribution in [3.63, 3.8) is 0 Å². The Balaban J connectivity index is 1.23. The van der Waals surface area contributed by atoms with Crippen LogP contribution in [0.1, 0.15) is 0 Å². The summed E-state index contributed by atoms with van der Waals surface area (Å²) in [6.45, 7) is 0. The van der Waals surface area contributed by atoms with E-state index >= 15 is 0 Å². The van der Waals surface area contributed by atoms with E-state index in [0.29, 0.717) is 0 Å². The fourth-order valence-electron chi connectivity index (χ4n) is 7.03. The molecule has 0 saturated heterocycles. The smallest absolute Gasteiger partial charge is 0.0547 e. The van der Waals surface area contributed by atoms with E-state index in [4.69, 9.17) is 0 Å². The summed E-state index contributed by atoms with van der Waals surface area (Å²) in [5, 5.41) is 4.95. The molecule has 0 amide bonds. The van der Waals surface area contributed by atoms with Crippen molar-refractivity contribution in [2.45, 2.75) is 0 Å². The molecule has 9 rings (SSSR count). The minimum Gasteiger partial charge on any atom is -0.310 e. The number of aromatic nitrogens is 1. The molecule has 1 aromatic heterocycles. The van der Waals surface area contributed by atoms with Gasteiger partial charge in [-0.3, -0.25) is 0 Å². The molecule has 0 radical (unpaired) electrons. The molecule has 0 aliphatic heterocycles. The van der Waals surface area contributed by atoms with Gasteiger partial charge in [-0.15, -0.1) is 0 Å². The fourth-order valence-corrected chi connectivity index (χ4v) is 7.03. The van der Waals surface area contributed by atoms with E-state index in [2.05, 4.69) is 204 Å². The number of fused-ring (bicyclic) bond motifs is 4. The molecule has 0 aliphatic carbocycles. The minimum absolute atomic E-state index is 1.11. The highest BCUT2D eigenvalue weighted by Crippen LogP contribution is 2.40. The predicted octanol–water partition coefficient (Wildman–Crippen LogP) is 12.7. The van der Waals surface area contributed by atoms with E-state index in [1.807, 2.05) is 0 Å². The summed E-state index contributed by atoms with van der Waals surface area (Å²) in [6.07, 6.45) is 0. The fraction of sp³-hybridized carbons (Fsp3) is 0. The van der Waals surface area contributed by atoms with Crippen LogP contribution in [0.25, 0.3) is 60.5 Å². The summed E-state index contributed by atoms with van der Waals surface area (Å²) in [4.78, 5) is 2.37. The van der Waals surface area contributed by atoms with Crippen LogP contribution < -0.4 is 4.90 Å². The van der Waals surface area contributed by atoms with Crippen LogP contribution in [-0.4, -0.2) is 4.57 Å². The molecule has 0 saturated carbocycles. The van der Waals surface area contributed by atoms with Crippen molar-refractivity contribution in [1.29, 1.82) is 0 Å². The van der Waals surface area contributed by atoms with Crippen LogP contribution in [0.4, 0.5) is 17.1 Å². The first-order valence-electron chi connectivity index (χ1n) is 16.4. The molecular weight excluding hydrogens is 581 g/mol. The molecule has 0 N–H and O–H groups in total. The van der Waals surface area contributed by atoms with Gasteiger partial charge < -0.3 is 9.47 Å². The van der Waals surface area contributed by atoms with Crippen molar-refractivity contribution in [3.8, 4) is 27.9 Å². The Morgan fingerprint density at radius 2 is 0.896 bits per heavy atom. The average Bonchev–Trinajstić information content (AvgIpc) is 3.48. The van der Waals surface area contributed by atoms with E-state index in [1.165, 1.54) is 54.8 Å². The highest BCUT2D eigenvalue weighted by molar-refractivity contribution is 6.14. The zero-order valence-corrected chi connectivity index (χ0v) is 26.4. The highest BCUT2D eigenvalue weighted by Gasteiger charge is 2.17. The Bertz CT molecular complexity index is 2530. The Morgan fingerprint density at radius 3 is 1.65 bits per heavy atom. The van der Waals surface area contributed by atoms with E-state index in [-0.39, 0.29) is 0 Å². The maximum atomic E-state index is 2.39. The summed E-state index contributed by atoms with van der Waals surface area (Å²) >= 11 is 0. The van der Waals surface area contributed by atoms with Crippen LogP contribution in [0.15, 0.2) is 194 Å². The van der Waals surface area contributed by atoms with Gasteiger partial charge in [-0.25, -0.2) is 0 Å². The summed E-state index contributed by atoms with van der Waals surface area (Å²) < 4.78 is 2.39. The number of nitrogens with zero attached hydrogens (tertiary/aromatic N) is 2. The molecule has 1 heterocycles. The first-order valence-corrected chi connectivity index (χ1v) is 16.4. The number of hydrogen-bond acceptors (Lipinski definition) is 1.